The number of amides is 1. The maximum absolute atomic E-state index is 11.1. The van der Waals surface area contributed by atoms with Crippen LogP contribution in [-0.2, 0) is 4.79 Å². The summed E-state index contributed by atoms with van der Waals surface area (Å²) in [6.45, 7) is 0.948. The number of halogens is 1. The Morgan fingerprint density at radius 2 is 2.00 bits per heavy atom. The van der Waals surface area contributed by atoms with E-state index in [4.69, 9.17) is 0 Å². The highest BCUT2D eigenvalue weighted by Gasteiger charge is 2.35. The fourth-order valence-electron chi connectivity index (χ4n) is 2.16. The molecule has 2 fully saturated rings. The van der Waals surface area contributed by atoms with Gasteiger partial charge in [-0.15, -0.1) is 12.4 Å². The zero-order valence-corrected chi connectivity index (χ0v) is 7.32. The molecule has 0 aromatic heterocycles. The summed E-state index contributed by atoms with van der Waals surface area (Å²) in [5, 5.41) is 2.92. The van der Waals surface area contributed by atoms with E-state index < -0.39 is 0 Å². The monoisotopic (exact) mass is 175 g/mol. The van der Waals surface area contributed by atoms with Crippen LogP contribution in [0, 0.1) is 11.8 Å². The molecule has 1 saturated heterocycles. The van der Waals surface area contributed by atoms with Gasteiger partial charge in [0.1, 0.15) is 0 Å². The molecule has 1 saturated carbocycles. The molecule has 2 nitrogen and oxygen atoms in total. The first-order valence-corrected chi connectivity index (χ1v) is 4.15. The quantitative estimate of drug-likeness (QED) is 0.592. The number of rotatable bonds is 0. The smallest absolute Gasteiger partial charge is 0.223 e. The van der Waals surface area contributed by atoms with E-state index in [1.165, 1.54) is 19.3 Å². The molecular weight excluding hydrogens is 162 g/mol. The molecule has 0 aromatic rings. The van der Waals surface area contributed by atoms with Crippen molar-refractivity contribution in [1.82, 2.24) is 5.32 Å². The van der Waals surface area contributed by atoms with E-state index in [-0.39, 0.29) is 12.4 Å². The second-order valence-electron chi connectivity index (χ2n) is 3.40. The Morgan fingerprint density at radius 3 is 2.73 bits per heavy atom. The number of nitrogens with one attached hydrogen (secondary N) is 1. The highest BCUT2D eigenvalue weighted by molar-refractivity contribution is 5.85. The molecule has 1 amide bonds. The number of hydrogen-bond acceptors (Lipinski definition) is 1. The summed E-state index contributed by atoms with van der Waals surface area (Å²) in [6.07, 6.45) is 4.99. The van der Waals surface area contributed by atoms with Gasteiger partial charge in [0.15, 0.2) is 0 Å². The van der Waals surface area contributed by atoms with Gasteiger partial charge in [-0.25, -0.2) is 0 Å². The maximum Gasteiger partial charge on any atom is 0.223 e. The molecule has 2 aliphatic rings. The molecule has 0 radical (unpaired) electrons. The molecular formula is C8H14ClNO. The molecule has 1 heterocycles. The van der Waals surface area contributed by atoms with Gasteiger partial charge in [0.25, 0.3) is 0 Å². The van der Waals surface area contributed by atoms with Crippen LogP contribution in [0.25, 0.3) is 0 Å². The number of carbonyl (C=O) groups excluding carboxylic acids is 1. The van der Waals surface area contributed by atoms with Crippen molar-refractivity contribution in [3.05, 3.63) is 0 Å². The minimum atomic E-state index is 0. The molecule has 64 valence electrons. The highest BCUT2D eigenvalue weighted by atomic mass is 35.5. The summed E-state index contributed by atoms with van der Waals surface area (Å²) in [5.74, 6) is 1.37. The summed E-state index contributed by atoms with van der Waals surface area (Å²) in [4.78, 5) is 11.1. The van der Waals surface area contributed by atoms with Crippen molar-refractivity contribution in [2.24, 2.45) is 11.8 Å². The highest BCUT2D eigenvalue weighted by Crippen LogP contribution is 2.32. The minimum Gasteiger partial charge on any atom is -0.356 e. The van der Waals surface area contributed by atoms with Crippen LogP contribution in [0.15, 0.2) is 0 Å². The SMILES string of the molecule is Cl.O=C1NCC2CCCCC12. The number of fused-ring (bicyclic) bond motifs is 1. The van der Waals surface area contributed by atoms with Gasteiger partial charge in [-0.3, -0.25) is 4.79 Å². The van der Waals surface area contributed by atoms with E-state index in [2.05, 4.69) is 5.32 Å². The van der Waals surface area contributed by atoms with Gasteiger partial charge < -0.3 is 5.32 Å². The number of carbonyl (C=O) groups is 1. The Kier molecular flexibility index (Phi) is 2.77. The van der Waals surface area contributed by atoms with E-state index in [1.807, 2.05) is 0 Å². The van der Waals surface area contributed by atoms with Crippen molar-refractivity contribution in [1.29, 1.82) is 0 Å². The van der Waals surface area contributed by atoms with Crippen LogP contribution in [0.5, 0.6) is 0 Å². The van der Waals surface area contributed by atoms with Crippen molar-refractivity contribution < 1.29 is 4.79 Å². The Morgan fingerprint density at radius 1 is 1.27 bits per heavy atom. The molecule has 0 aromatic carbocycles. The fourth-order valence-corrected chi connectivity index (χ4v) is 2.16. The van der Waals surface area contributed by atoms with Crippen molar-refractivity contribution in [3.63, 3.8) is 0 Å². The first kappa shape index (κ1) is 8.85. The molecule has 0 spiro atoms. The number of hydrogen-bond donors (Lipinski definition) is 1. The topological polar surface area (TPSA) is 29.1 Å². The summed E-state index contributed by atoms with van der Waals surface area (Å²) in [5.41, 5.74) is 0. The largest absolute Gasteiger partial charge is 0.356 e. The summed E-state index contributed by atoms with van der Waals surface area (Å²) in [6, 6.07) is 0. The molecule has 1 aliphatic heterocycles. The predicted molar refractivity (Wildman–Crippen MR) is 45.7 cm³/mol. The first-order chi connectivity index (χ1) is 4.88. The van der Waals surface area contributed by atoms with E-state index >= 15 is 0 Å². The zero-order valence-electron chi connectivity index (χ0n) is 6.51. The third-order valence-corrected chi connectivity index (χ3v) is 2.78. The van der Waals surface area contributed by atoms with Crippen LogP contribution in [0.3, 0.4) is 0 Å². The van der Waals surface area contributed by atoms with Crippen LogP contribution in [0.1, 0.15) is 25.7 Å². The first-order valence-electron chi connectivity index (χ1n) is 4.15. The van der Waals surface area contributed by atoms with E-state index in [1.54, 1.807) is 0 Å². The molecule has 1 aliphatic carbocycles. The van der Waals surface area contributed by atoms with Crippen LogP contribution in [0.4, 0.5) is 0 Å². The van der Waals surface area contributed by atoms with Gasteiger partial charge in [-0.2, -0.15) is 0 Å². The van der Waals surface area contributed by atoms with Crippen molar-refractivity contribution in [2.75, 3.05) is 6.54 Å². The molecule has 3 heteroatoms. The Labute approximate surface area is 73.1 Å². The lowest BCUT2D eigenvalue weighted by atomic mass is 9.81. The predicted octanol–water partition coefficient (Wildman–Crippen LogP) is 1.34. The van der Waals surface area contributed by atoms with Gasteiger partial charge in [-0.1, -0.05) is 12.8 Å². The fraction of sp³-hybridized carbons (Fsp3) is 0.875. The van der Waals surface area contributed by atoms with Gasteiger partial charge in [-0.05, 0) is 18.8 Å². The van der Waals surface area contributed by atoms with Crippen LogP contribution < -0.4 is 5.32 Å². The lowest BCUT2D eigenvalue weighted by Crippen LogP contribution is -2.21. The van der Waals surface area contributed by atoms with Gasteiger partial charge >= 0.3 is 0 Å². The van der Waals surface area contributed by atoms with Crippen molar-refractivity contribution >= 4 is 18.3 Å². The molecule has 1 N–H and O–H groups in total. The average molecular weight is 176 g/mol. The molecule has 2 rings (SSSR count). The Hall–Kier alpha value is -0.240. The lowest BCUT2D eigenvalue weighted by Gasteiger charge is -2.21. The second-order valence-corrected chi connectivity index (χ2v) is 3.40. The van der Waals surface area contributed by atoms with Gasteiger partial charge in [0, 0.05) is 12.5 Å². The average Bonchev–Trinajstić information content (AvgIpc) is 2.34. The maximum atomic E-state index is 11.1. The molecule has 11 heavy (non-hydrogen) atoms. The third-order valence-electron chi connectivity index (χ3n) is 2.78. The standard InChI is InChI=1S/C8H13NO.ClH/c10-8-7-4-2-1-3-6(7)5-9-8;/h6-7H,1-5H2,(H,9,10);1H. The van der Waals surface area contributed by atoms with Crippen LogP contribution in [0.2, 0.25) is 0 Å². The lowest BCUT2D eigenvalue weighted by molar-refractivity contribution is -0.123. The Bertz CT molecular complexity index is 160. The summed E-state index contributed by atoms with van der Waals surface area (Å²) in [7, 11) is 0. The normalized spacial score (nSPS) is 35.5. The molecule has 0 bridgehead atoms. The van der Waals surface area contributed by atoms with E-state index in [0.29, 0.717) is 17.7 Å². The van der Waals surface area contributed by atoms with E-state index in [9.17, 15) is 4.79 Å². The van der Waals surface area contributed by atoms with Gasteiger partial charge in [0.05, 0.1) is 0 Å². The van der Waals surface area contributed by atoms with Crippen molar-refractivity contribution in [2.45, 2.75) is 25.7 Å². The second kappa shape index (κ2) is 3.44. The zero-order chi connectivity index (χ0) is 6.97. The van der Waals surface area contributed by atoms with E-state index in [0.717, 1.165) is 13.0 Å². The Balaban J connectivity index is 0.000000605. The molecule has 2 atom stereocenters. The summed E-state index contributed by atoms with van der Waals surface area (Å²) >= 11 is 0. The third kappa shape index (κ3) is 1.51. The van der Waals surface area contributed by atoms with Crippen LogP contribution in [-0.4, -0.2) is 12.5 Å². The van der Waals surface area contributed by atoms with Gasteiger partial charge in [0.2, 0.25) is 5.91 Å². The molecule has 2 unspecified atom stereocenters. The van der Waals surface area contributed by atoms with Crippen LogP contribution >= 0.6 is 12.4 Å². The summed E-state index contributed by atoms with van der Waals surface area (Å²) < 4.78 is 0. The minimum absolute atomic E-state index is 0. The van der Waals surface area contributed by atoms with Crippen molar-refractivity contribution in [3.8, 4) is 0 Å².